The summed E-state index contributed by atoms with van der Waals surface area (Å²) in [5, 5.41) is 0. The first kappa shape index (κ1) is 40.3. The summed E-state index contributed by atoms with van der Waals surface area (Å²) in [4.78, 5) is 5.07. The van der Waals surface area contributed by atoms with E-state index in [1.807, 2.05) is 23.9 Å². The molecule has 0 fully saturated rings. The zero-order chi connectivity index (χ0) is 45.3. The normalized spacial score (nSPS) is 13.4. The van der Waals surface area contributed by atoms with Gasteiger partial charge >= 0.3 is 0 Å². The van der Waals surface area contributed by atoms with Gasteiger partial charge in [0.2, 0.25) is 6.71 Å². The lowest BCUT2D eigenvalue weighted by Crippen LogP contribution is -2.60. The summed E-state index contributed by atoms with van der Waals surface area (Å²) in [7, 11) is 3.47. The van der Waals surface area contributed by atoms with Crippen molar-refractivity contribution in [3.63, 3.8) is 0 Å². The van der Waals surface area contributed by atoms with Crippen molar-refractivity contribution in [3.05, 3.63) is 253 Å². The molecule has 0 aromatic heterocycles. The summed E-state index contributed by atoms with van der Waals surface area (Å²) < 4.78 is 11.5. The molecule has 0 spiro atoms. The zero-order valence-corrected chi connectivity index (χ0v) is 38.5. The van der Waals surface area contributed by atoms with Crippen molar-refractivity contribution in [2.75, 3.05) is 19.1 Å². The van der Waals surface area contributed by atoms with Crippen molar-refractivity contribution in [3.8, 4) is 56.0 Å². The maximum absolute atomic E-state index is 5.75. The molecular weight excluding hydrogens is 846 g/mol. The van der Waals surface area contributed by atoms with E-state index in [-0.39, 0.29) is 6.71 Å². The van der Waals surface area contributed by atoms with Crippen LogP contribution in [-0.4, -0.2) is 20.9 Å². The summed E-state index contributed by atoms with van der Waals surface area (Å²) in [5.74, 6) is 1.68. The molecule has 5 heteroatoms. The second-order valence-electron chi connectivity index (χ2n) is 17.9. The van der Waals surface area contributed by atoms with E-state index in [0.717, 1.165) is 45.1 Å². The SMILES string of the molecule is COc1cccc(-c2ccc3c(c2)B2c4cc(-c5cccc(OC)c5)ccc4N(c4ccc(-c5ccccc5)cc4)c4cc(C5(c6ccccc6)c6ccccc6-c6ccccc65)cc(c42)S3)c1. The standard InChI is InChI=1S/C63H44BNO2S/c1-66-50-21-13-17-43(35-50)45-29-33-58-56(37-45)64-57-38-46(44-18-14-22-51(36-44)67-2)30-34-60(57)68-61-40-48(39-59(62(61)64)65(58)49-31-27-42(28-32-49)41-15-5-3-6-16-41)63(47-19-7-4-8-20-47)54-25-11-9-23-52(54)53-24-10-12-26-55(53)63/h3-40H,1-2H3. The van der Waals surface area contributed by atoms with Gasteiger partial charge in [-0.05, 0) is 138 Å². The van der Waals surface area contributed by atoms with Crippen LogP contribution in [0.25, 0.3) is 44.5 Å². The molecule has 0 unspecified atom stereocenters. The number of hydrogen-bond donors (Lipinski definition) is 0. The van der Waals surface area contributed by atoms with Gasteiger partial charge in [0.25, 0.3) is 0 Å². The average Bonchev–Trinajstić information content (AvgIpc) is 3.72. The Morgan fingerprint density at radius 1 is 0.397 bits per heavy atom. The van der Waals surface area contributed by atoms with Crippen LogP contribution in [0.3, 0.4) is 0 Å². The van der Waals surface area contributed by atoms with Crippen LogP contribution in [0, 0.1) is 0 Å². The van der Waals surface area contributed by atoms with Gasteiger partial charge in [0.15, 0.2) is 0 Å². The van der Waals surface area contributed by atoms with E-state index < -0.39 is 5.41 Å². The fourth-order valence-electron chi connectivity index (χ4n) is 11.4. The van der Waals surface area contributed by atoms with E-state index in [9.17, 15) is 0 Å². The van der Waals surface area contributed by atoms with E-state index in [0.29, 0.717) is 0 Å². The minimum absolute atomic E-state index is 0.0629. The zero-order valence-electron chi connectivity index (χ0n) is 37.7. The van der Waals surface area contributed by atoms with Crippen molar-refractivity contribution < 1.29 is 9.47 Å². The Morgan fingerprint density at radius 3 is 1.57 bits per heavy atom. The van der Waals surface area contributed by atoms with Crippen molar-refractivity contribution in [2.24, 2.45) is 0 Å². The van der Waals surface area contributed by atoms with Crippen molar-refractivity contribution in [2.45, 2.75) is 15.2 Å². The number of rotatable bonds is 8. The molecule has 0 radical (unpaired) electrons. The van der Waals surface area contributed by atoms with Gasteiger partial charge in [-0.2, -0.15) is 0 Å². The highest BCUT2D eigenvalue weighted by atomic mass is 32.2. The monoisotopic (exact) mass is 889 g/mol. The molecule has 0 saturated heterocycles. The largest absolute Gasteiger partial charge is 0.497 e. The van der Waals surface area contributed by atoms with Gasteiger partial charge in [-0.3, -0.25) is 0 Å². The van der Waals surface area contributed by atoms with Gasteiger partial charge in [0, 0.05) is 26.9 Å². The van der Waals surface area contributed by atoms with Crippen LogP contribution in [-0.2, 0) is 5.41 Å². The van der Waals surface area contributed by atoms with Crippen LogP contribution in [0.1, 0.15) is 22.3 Å². The Hall–Kier alpha value is -7.99. The Balaban J connectivity index is 1.11. The minimum Gasteiger partial charge on any atom is -0.497 e. The van der Waals surface area contributed by atoms with Crippen LogP contribution < -0.4 is 30.8 Å². The quantitative estimate of drug-likeness (QED) is 0.142. The Bertz CT molecular complexity index is 3540. The van der Waals surface area contributed by atoms with Crippen LogP contribution in [0.15, 0.2) is 240 Å². The Labute approximate surface area is 402 Å². The molecule has 2 aliphatic heterocycles. The fraction of sp³-hybridized carbons (Fsp3) is 0.0476. The van der Waals surface area contributed by atoms with Crippen LogP contribution in [0.2, 0.25) is 0 Å². The first-order valence-corrected chi connectivity index (χ1v) is 24.1. The highest BCUT2D eigenvalue weighted by Gasteiger charge is 2.49. The first-order valence-electron chi connectivity index (χ1n) is 23.2. The molecule has 3 nitrogen and oxygen atoms in total. The number of anilines is 3. The highest BCUT2D eigenvalue weighted by molar-refractivity contribution is 8.00. The van der Waals surface area contributed by atoms with Crippen molar-refractivity contribution in [1.82, 2.24) is 0 Å². The number of methoxy groups -OCH3 is 2. The predicted octanol–water partition coefficient (Wildman–Crippen LogP) is 13.8. The van der Waals surface area contributed by atoms with Crippen LogP contribution >= 0.6 is 11.8 Å². The second-order valence-corrected chi connectivity index (χ2v) is 19.0. The summed E-state index contributed by atoms with van der Waals surface area (Å²) in [6, 6.07) is 85.2. The van der Waals surface area contributed by atoms with Gasteiger partial charge in [-0.25, -0.2) is 0 Å². The molecule has 10 aromatic rings. The van der Waals surface area contributed by atoms with Crippen LogP contribution in [0.4, 0.5) is 17.1 Å². The Kier molecular flexibility index (Phi) is 9.55. The number of nitrogens with zero attached hydrogens (tertiary/aromatic N) is 1. The predicted molar refractivity (Wildman–Crippen MR) is 283 cm³/mol. The fourth-order valence-corrected chi connectivity index (χ4v) is 12.5. The molecule has 0 bridgehead atoms. The molecule has 13 rings (SSSR count). The third-order valence-corrected chi connectivity index (χ3v) is 15.6. The van der Waals surface area contributed by atoms with Gasteiger partial charge in [-0.1, -0.05) is 187 Å². The average molecular weight is 890 g/mol. The van der Waals surface area contributed by atoms with E-state index >= 15 is 0 Å². The molecule has 0 saturated carbocycles. The molecule has 2 heterocycles. The van der Waals surface area contributed by atoms with Gasteiger partial charge in [-0.15, -0.1) is 0 Å². The topological polar surface area (TPSA) is 21.7 Å². The minimum atomic E-state index is -0.578. The number of fused-ring (bicyclic) bond motifs is 7. The van der Waals surface area contributed by atoms with Gasteiger partial charge in [0.1, 0.15) is 11.5 Å². The number of benzene rings is 10. The van der Waals surface area contributed by atoms with E-state index in [1.165, 1.54) is 76.4 Å². The molecule has 0 N–H and O–H groups in total. The van der Waals surface area contributed by atoms with Gasteiger partial charge in [0.05, 0.1) is 19.6 Å². The molecule has 0 atom stereocenters. The third kappa shape index (κ3) is 6.23. The molecule has 10 aromatic carbocycles. The molecule has 3 aliphatic rings. The lowest BCUT2D eigenvalue weighted by molar-refractivity contribution is 0.415. The molecule has 68 heavy (non-hydrogen) atoms. The number of ether oxygens (including phenoxy) is 2. The maximum atomic E-state index is 5.75. The van der Waals surface area contributed by atoms with Crippen LogP contribution in [0.5, 0.6) is 11.5 Å². The lowest BCUT2D eigenvalue weighted by atomic mass is 9.34. The van der Waals surface area contributed by atoms with Gasteiger partial charge < -0.3 is 14.4 Å². The number of hydrogen-bond acceptors (Lipinski definition) is 4. The van der Waals surface area contributed by atoms with E-state index in [2.05, 4.69) is 223 Å². The molecular formula is C63H44BNO2S. The summed E-state index contributed by atoms with van der Waals surface area (Å²) in [6.45, 7) is -0.0629. The van der Waals surface area contributed by atoms with Crippen molar-refractivity contribution >= 4 is 51.9 Å². The summed E-state index contributed by atoms with van der Waals surface area (Å²) in [6.07, 6.45) is 0. The summed E-state index contributed by atoms with van der Waals surface area (Å²) >= 11 is 1.90. The smallest absolute Gasteiger partial charge is 0.249 e. The molecule has 0 amide bonds. The second kappa shape index (κ2) is 16.1. The van der Waals surface area contributed by atoms with E-state index in [1.54, 1.807) is 14.2 Å². The molecule has 322 valence electrons. The van der Waals surface area contributed by atoms with Crippen molar-refractivity contribution in [1.29, 1.82) is 0 Å². The summed E-state index contributed by atoms with van der Waals surface area (Å²) in [5.41, 5.74) is 21.4. The lowest BCUT2D eigenvalue weighted by Gasteiger charge is -2.42. The third-order valence-electron chi connectivity index (χ3n) is 14.4. The first-order chi connectivity index (χ1) is 33.6. The molecule has 1 aliphatic carbocycles. The maximum Gasteiger partial charge on any atom is 0.249 e. The highest BCUT2D eigenvalue weighted by Crippen LogP contribution is 2.57. The van der Waals surface area contributed by atoms with E-state index in [4.69, 9.17) is 9.47 Å². The Morgan fingerprint density at radius 2 is 0.926 bits per heavy atom.